The molecule has 2 unspecified atom stereocenters. The van der Waals surface area contributed by atoms with Gasteiger partial charge in [0.2, 0.25) is 0 Å². The van der Waals surface area contributed by atoms with E-state index in [1.54, 1.807) is 12.1 Å². The number of hydrogen-bond acceptors (Lipinski definition) is 6. The Labute approximate surface area is 163 Å². The molecule has 0 aliphatic carbocycles. The van der Waals surface area contributed by atoms with Crippen LogP contribution in [0.2, 0.25) is 0 Å². The van der Waals surface area contributed by atoms with Crippen LogP contribution in [0.1, 0.15) is 17.0 Å². The number of halogens is 2. The summed E-state index contributed by atoms with van der Waals surface area (Å²) in [5.74, 6) is -2.20. The smallest absolute Gasteiger partial charge is 0.301 e. The molecule has 152 valence electrons. The molecule has 1 aliphatic rings. The van der Waals surface area contributed by atoms with Crippen molar-refractivity contribution >= 4 is 5.82 Å². The van der Waals surface area contributed by atoms with Crippen LogP contribution in [0, 0.1) is 12.8 Å². The van der Waals surface area contributed by atoms with E-state index >= 15 is 0 Å². The number of rotatable bonds is 9. The molecule has 1 fully saturated rings. The van der Waals surface area contributed by atoms with Crippen LogP contribution in [0.25, 0.3) is 0 Å². The van der Waals surface area contributed by atoms with Crippen molar-refractivity contribution in [3.63, 3.8) is 0 Å². The second kappa shape index (κ2) is 9.36. The highest BCUT2D eigenvalue weighted by molar-refractivity contribution is 5.34. The number of anilines is 1. The average molecular weight is 391 g/mol. The fourth-order valence-electron chi connectivity index (χ4n) is 3.45. The third-order valence-corrected chi connectivity index (χ3v) is 4.79. The zero-order valence-electron chi connectivity index (χ0n) is 16.0. The molecule has 1 saturated heterocycles. The average Bonchev–Trinajstić information content (AvgIpc) is 3.08. The van der Waals surface area contributed by atoms with Crippen LogP contribution in [-0.4, -0.2) is 48.9 Å². The molecular formula is C20H27F2N5O. The molecule has 6 nitrogen and oxygen atoms in total. The number of alkyl halides is 2. The van der Waals surface area contributed by atoms with Crippen molar-refractivity contribution in [2.45, 2.75) is 25.4 Å². The lowest BCUT2D eigenvalue weighted by molar-refractivity contribution is -0.0119. The minimum absolute atomic E-state index is 0.0293. The van der Waals surface area contributed by atoms with Gasteiger partial charge in [0.1, 0.15) is 11.5 Å². The van der Waals surface area contributed by atoms with Gasteiger partial charge < -0.3 is 21.1 Å². The van der Waals surface area contributed by atoms with Crippen molar-refractivity contribution < 1.29 is 13.5 Å². The molecule has 2 aromatic heterocycles. The highest BCUT2D eigenvalue weighted by Crippen LogP contribution is 2.24. The number of aromatic nitrogens is 2. The highest BCUT2D eigenvalue weighted by atomic mass is 19.3. The normalized spacial score (nSPS) is 19.8. The lowest BCUT2D eigenvalue weighted by Crippen LogP contribution is -2.35. The Balaban J connectivity index is 1.41. The van der Waals surface area contributed by atoms with E-state index in [-0.39, 0.29) is 17.7 Å². The van der Waals surface area contributed by atoms with Gasteiger partial charge in [0.15, 0.2) is 0 Å². The predicted molar refractivity (Wildman–Crippen MR) is 104 cm³/mol. The molecule has 1 aliphatic heterocycles. The van der Waals surface area contributed by atoms with Gasteiger partial charge in [0.25, 0.3) is 0 Å². The molecule has 0 bridgehead atoms. The number of nitrogen functional groups attached to an aromatic ring is 1. The maximum absolute atomic E-state index is 14.1. The number of nitrogens with one attached hydrogen (secondary N) is 2. The molecule has 3 heterocycles. The second-order valence-electron chi connectivity index (χ2n) is 7.19. The van der Waals surface area contributed by atoms with Crippen molar-refractivity contribution in [3.05, 3.63) is 53.5 Å². The summed E-state index contributed by atoms with van der Waals surface area (Å²) in [6.07, 6.45) is 2.17. The summed E-state index contributed by atoms with van der Waals surface area (Å²) < 4.78 is 34.0. The number of nitrogens with zero attached hydrogens (tertiary/aromatic N) is 2. The first kappa shape index (κ1) is 20.6. The van der Waals surface area contributed by atoms with E-state index in [1.807, 2.05) is 19.1 Å². The molecule has 3 rings (SSSR count). The van der Waals surface area contributed by atoms with E-state index in [2.05, 4.69) is 20.6 Å². The molecule has 28 heavy (non-hydrogen) atoms. The van der Waals surface area contributed by atoms with Gasteiger partial charge in [-0.3, -0.25) is 4.98 Å². The van der Waals surface area contributed by atoms with Gasteiger partial charge in [-0.05, 0) is 43.2 Å². The molecule has 4 N–H and O–H groups in total. The van der Waals surface area contributed by atoms with E-state index in [0.29, 0.717) is 19.0 Å². The van der Waals surface area contributed by atoms with Gasteiger partial charge in [-0.15, -0.1) is 0 Å². The van der Waals surface area contributed by atoms with E-state index in [0.717, 1.165) is 30.8 Å². The summed E-state index contributed by atoms with van der Waals surface area (Å²) in [7, 11) is 0. The first-order valence-corrected chi connectivity index (χ1v) is 9.49. The van der Waals surface area contributed by atoms with Crippen LogP contribution in [0.4, 0.5) is 14.6 Å². The molecule has 0 amide bonds. The summed E-state index contributed by atoms with van der Waals surface area (Å²) >= 11 is 0. The fraction of sp³-hybridized carbons (Fsp3) is 0.500. The van der Waals surface area contributed by atoms with Crippen LogP contribution in [0.5, 0.6) is 0 Å². The number of nitrogens with two attached hydrogens (primary N) is 1. The Hall–Kier alpha value is -2.16. The molecule has 2 aromatic rings. The maximum Gasteiger partial charge on any atom is 0.301 e. The van der Waals surface area contributed by atoms with Gasteiger partial charge >= 0.3 is 5.92 Å². The zero-order chi connectivity index (χ0) is 20.0. The number of hydrogen-bond donors (Lipinski definition) is 3. The second-order valence-corrected chi connectivity index (χ2v) is 7.19. The molecule has 0 spiro atoms. The molecule has 2 atom stereocenters. The molecule has 0 saturated carbocycles. The van der Waals surface area contributed by atoms with Crippen LogP contribution < -0.4 is 16.4 Å². The predicted octanol–water partition coefficient (Wildman–Crippen LogP) is 1.90. The standard InChI is InChI=1S/C20H27F2N5O/c1-14-8-16(27-19(23)9-14)10-15-11-25-12-17(15)28-7-6-24-13-20(21,22)18-4-2-3-5-26-18/h2-5,8-9,15,17,24-25H,6-7,10-13H2,1H3,(H2,23,27). The van der Waals surface area contributed by atoms with Crippen LogP contribution in [0.3, 0.4) is 0 Å². The number of aryl methyl sites for hydroxylation is 1. The molecule has 0 radical (unpaired) electrons. The van der Waals surface area contributed by atoms with Crippen molar-refractivity contribution in [2.75, 3.05) is 38.5 Å². The van der Waals surface area contributed by atoms with Gasteiger partial charge in [0.05, 0.1) is 19.3 Å². The lowest BCUT2D eigenvalue weighted by Gasteiger charge is -2.20. The molecule has 8 heteroatoms. The third-order valence-electron chi connectivity index (χ3n) is 4.79. The summed E-state index contributed by atoms with van der Waals surface area (Å²) in [6, 6.07) is 8.39. The van der Waals surface area contributed by atoms with E-state index in [1.165, 1.54) is 12.3 Å². The lowest BCUT2D eigenvalue weighted by atomic mass is 9.99. The fourth-order valence-corrected chi connectivity index (χ4v) is 3.45. The quantitative estimate of drug-likeness (QED) is 0.566. The Bertz CT molecular complexity index is 739. The van der Waals surface area contributed by atoms with Crippen LogP contribution >= 0.6 is 0 Å². The van der Waals surface area contributed by atoms with Gasteiger partial charge in [-0.25, -0.2) is 4.98 Å². The summed E-state index contributed by atoms with van der Waals surface area (Å²) in [5.41, 5.74) is 7.64. The monoisotopic (exact) mass is 391 g/mol. The van der Waals surface area contributed by atoms with Crippen molar-refractivity contribution in [1.82, 2.24) is 20.6 Å². The van der Waals surface area contributed by atoms with Crippen molar-refractivity contribution in [3.8, 4) is 0 Å². The van der Waals surface area contributed by atoms with Crippen molar-refractivity contribution in [1.29, 1.82) is 0 Å². The van der Waals surface area contributed by atoms with E-state index in [4.69, 9.17) is 10.5 Å². The molecule has 0 aromatic carbocycles. The largest absolute Gasteiger partial charge is 0.384 e. The van der Waals surface area contributed by atoms with E-state index in [9.17, 15) is 8.78 Å². The van der Waals surface area contributed by atoms with E-state index < -0.39 is 12.5 Å². The first-order valence-electron chi connectivity index (χ1n) is 9.49. The summed E-state index contributed by atoms with van der Waals surface area (Å²) in [5, 5.41) is 6.09. The van der Waals surface area contributed by atoms with Gasteiger partial charge in [-0.1, -0.05) is 6.07 Å². The minimum Gasteiger partial charge on any atom is -0.384 e. The number of ether oxygens (including phenoxy) is 1. The van der Waals surface area contributed by atoms with Crippen LogP contribution in [0.15, 0.2) is 36.5 Å². The number of pyridine rings is 2. The SMILES string of the molecule is Cc1cc(N)nc(CC2CNCC2OCCNCC(F)(F)c2ccccn2)c1. The molecular weight excluding hydrogens is 364 g/mol. The minimum atomic E-state index is -3.00. The highest BCUT2D eigenvalue weighted by Gasteiger charge is 2.32. The van der Waals surface area contributed by atoms with Gasteiger partial charge in [0, 0.05) is 37.4 Å². The Morgan fingerprint density at radius 2 is 2.18 bits per heavy atom. The third kappa shape index (κ3) is 5.67. The Morgan fingerprint density at radius 1 is 1.32 bits per heavy atom. The first-order chi connectivity index (χ1) is 13.4. The Kier molecular flexibility index (Phi) is 6.88. The zero-order valence-corrected chi connectivity index (χ0v) is 16.0. The maximum atomic E-state index is 14.1. The van der Waals surface area contributed by atoms with Crippen molar-refractivity contribution in [2.24, 2.45) is 5.92 Å². The van der Waals surface area contributed by atoms with Crippen LogP contribution in [-0.2, 0) is 17.1 Å². The topological polar surface area (TPSA) is 85.1 Å². The summed E-state index contributed by atoms with van der Waals surface area (Å²) in [6.45, 7) is 3.83. The summed E-state index contributed by atoms with van der Waals surface area (Å²) in [4.78, 5) is 8.12. The Morgan fingerprint density at radius 3 is 2.93 bits per heavy atom. The van der Waals surface area contributed by atoms with Gasteiger partial charge in [-0.2, -0.15) is 8.78 Å².